The summed E-state index contributed by atoms with van der Waals surface area (Å²) in [7, 11) is -3.53. The maximum Gasteiger partial charge on any atom is 0.231 e. The van der Waals surface area contributed by atoms with E-state index in [1.807, 2.05) is 12.1 Å². The van der Waals surface area contributed by atoms with Gasteiger partial charge in [-0.05, 0) is 23.8 Å². The third kappa shape index (κ3) is 4.21. The van der Waals surface area contributed by atoms with Crippen LogP contribution in [0.1, 0.15) is 5.56 Å². The van der Waals surface area contributed by atoms with E-state index in [4.69, 9.17) is 5.14 Å². The van der Waals surface area contributed by atoms with Gasteiger partial charge in [0.2, 0.25) is 10.0 Å². The Bertz CT molecular complexity index is 426. The summed E-state index contributed by atoms with van der Waals surface area (Å²) < 4.78 is 22.0. The molecule has 0 saturated heterocycles. The highest BCUT2D eigenvalue weighted by atomic mass is 79.9. The van der Waals surface area contributed by atoms with Gasteiger partial charge in [0.05, 0.1) is 0 Å². The van der Waals surface area contributed by atoms with E-state index in [0.717, 1.165) is 15.4 Å². The van der Waals surface area contributed by atoms with Crippen molar-refractivity contribution in [3.05, 3.63) is 39.7 Å². The molecule has 0 amide bonds. The molecule has 0 radical (unpaired) electrons. The predicted molar refractivity (Wildman–Crippen MR) is 56.3 cm³/mol. The number of primary sulfonamides is 1. The topological polar surface area (TPSA) is 60.2 Å². The van der Waals surface area contributed by atoms with Crippen LogP contribution < -0.4 is 5.14 Å². The summed E-state index contributed by atoms with van der Waals surface area (Å²) in [5.41, 5.74) is 0.781. The lowest BCUT2D eigenvalue weighted by Crippen LogP contribution is -2.06. The second kappa shape index (κ2) is 4.04. The maximum absolute atomic E-state index is 10.6. The highest BCUT2D eigenvalue weighted by molar-refractivity contribution is 9.10. The van der Waals surface area contributed by atoms with Crippen LogP contribution in [0.2, 0.25) is 0 Å². The molecule has 1 aromatic carbocycles. The third-order valence-corrected chi connectivity index (χ3v) is 2.31. The zero-order valence-electron chi connectivity index (χ0n) is 6.64. The van der Waals surface area contributed by atoms with E-state index in [2.05, 4.69) is 15.9 Å². The average Bonchev–Trinajstić information content (AvgIpc) is 2.00. The Morgan fingerprint density at radius 3 is 2.62 bits per heavy atom. The van der Waals surface area contributed by atoms with E-state index in [-0.39, 0.29) is 0 Å². The van der Waals surface area contributed by atoms with Crippen molar-refractivity contribution in [3.63, 3.8) is 0 Å². The van der Waals surface area contributed by atoms with Crippen LogP contribution in [0.5, 0.6) is 0 Å². The van der Waals surface area contributed by atoms with Gasteiger partial charge in [-0.2, -0.15) is 0 Å². The van der Waals surface area contributed by atoms with E-state index < -0.39 is 10.0 Å². The minimum Gasteiger partial charge on any atom is -0.225 e. The van der Waals surface area contributed by atoms with Crippen molar-refractivity contribution < 1.29 is 8.42 Å². The van der Waals surface area contributed by atoms with Crippen molar-refractivity contribution in [2.75, 3.05) is 0 Å². The lowest BCUT2D eigenvalue weighted by Gasteiger charge is -1.93. The fourth-order valence-electron chi connectivity index (χ4n) is 0.784. The monoisotopic (exact) mass is 261 g/mol. The van der Waals surface area contributed by atoms with Crippen LogP contribution in [0.4, 0.5) is 0 Å². The first-order valence-electron chi connectivity index (χ1n) is 3.44. The molecule has 0 aliphatic heterocycles. The molecular weight excluding hydrogens is 254 g/mol. The van der Waals surface area contributed by atoms with Crippen LogP contribution in [-0.4, -0.2) is 8.42 Å². The Labute approximate surface area is 85.4 Å². The van der Waals surface area contributed by atoms with Gasteiger partial charge in [0.25, 0.3) is 0 Å². The van der Waals surface area contributed by atoms with Crippen molar-refractivity contribution in [1.29, 1.82) is 0 Å². The van der Waals surface area contributed by atoms with E-state index in [1.165, 1.54) is 6.08 Å². The van der Waals surface area contributed by atoms with Crippen LogP contribution in [0.3, 0.4) is 0 Å². The molecule has 3 nitrogen and oxygen atoms in total. The predicted octanol–water partition coefficient (Wildman–Crippen LogP) is 1.71. The minimum atomic E-state index is -3.53. The average molecular weight is 262 g/mol. The smallest absolute Gasteiger partial charge is 0.225 e. The van der Waals surface area contributed by atoms with E-state index in [9.17, 15) is 8.42 Å². The summed E-state index contributed by atoms with van der Waals surface area (Å²) in [6.45, 7) is 0. The fourth-order valence-corrected chi connectivity index (χ4v) is 1.55. The molecule has 0 saturated carbocycles. The number of hydrogen-bond donors (Lipinski definition) is 1. The summed E-state index contributed by atoms with van der Waals surface area (Å²) >= 11 is 3.27. The second-order valence-corrected chi connectivity index (χ2v) is 4.81. The molecular formula is C8H8BrNO2S. The van der Waals surface area contributed by atoms with Crippen LogP contribution >= 0.6 is 15.9 Å². The van der Waals surface area contributed by atoms with Gasteiger partial charge in [-0.1, -0.05) is 28.1 Å². The highest BCUT2D eigenvalue weighted by Gasteiger charge is 1.94. The Morgan fingerprint density at radius 2 is 2.08 bits per heavy atom. The molecule has 0 aromatic heterocycles. The van der Waals surface area contributed by atoms with E-state index >= 15 is 0 Å². The highest BCUT2D eigenvalue weighted by Crippen LogP contribution is 2.12. The molecule has 2 N–H and O–H groups in total. The number of benzene rings is 1. The first-order valence-corrected chi connectivity index (χ1v) is 5.84. The van der Waals surface area contributed by atoms with Gasteiger partial charge in [-0.3, -0.25) is 0 Å². The Morgan fingerprint density at radius 1 is 1.38 bits per heavy atom. The molecule has 0 spiro atoms. The molecule has 0 aliphatic carbocycles. The summed E-state index contributed by atoms with van der Waals surface area (Å²) in [6.07, 6.45) is 1.44. The number of rotatable bonds is 2. The minimum absolute atomic E-state index is 0.781. The van der Waals surface area contributed by atoms with Crippen molar-refractivity contribution in [2.24, 2.45) is 5.14 Å². The summed E-state index contributed by atoms with van der Waals surface area (Å²) in [5.74, 6) is 0. The number of halogens is 1. The summed E-state index contributed by atoms with van der Waals surface area (Å²) in [5, 5.41) is 5.76. The molecule has 5 heteroatoms. The van der Waals surface area contributed by atoms with Crippen LogP contribution in [0.25, 0.3) is 6.08 Å². The van der Waals surface area contributed by atoms with E-state index in [0.29, 0.717) is 0 Å². The molecule has 1 aromatic rings. The molecule has 0 heterocycles. The molecule has 1 rings (SSSR count). The first-order chi connectivity index (χ1) is 5.97. The van der Waals surface area contributed by atoms with Crippen molar-refractivity contribution in [3.8, 4) is 0 Å². The van der Waals surface area contributed by atoms with Crippen LogP contribution in [0.15, 0.2) is 34.1 Å². The SMILES string of the molecule is NS(=O)(=O)/C=C/c1cccc(Br)c1. The Balaban J connectivity index is 2.93. The zero-order valence-corrected chi connectivity index (χ0v) is 9.05. The maximum atomic E-state index is 10.6. The van der Waals surface area contributed by atoms with Crippen LogP contribution in [-0.2, 0) is 10.0 Å². The van der Waals surface area contributed by atoms with Gasteiger partial charge >= 0.3 is 0 Å². The molecule has 0 unspecified atom stereocenters. The number of nitrogens with two attached hydrogens (primary N) is 1. The first kappa shape index (κ1) is 10.4. The van der Waals surface area contributed by atoms with Gasteiger partial charge in [-0.25, -0.2) is 13.6 Å². The molecule has 0 bridgehead atoms. The lowest BCUT2D eigenvalue weighted by atomic mass is 10.2. The van der Waals surface area contributed by atoms with Crippen LogP contribution in [0, 0.1) is 0 Å². The van der Waals surface area contributed by atoms with Gasteiger partial charge in [0.15, 0.2) is 0 Å². The van der Waals surface area contributed by atoms with Gasteiger partial charge in [-0.15, -0.1) is 0 Å². The van der Waals surface area contributed by atoms with Crippen molar-refractivity contribution >= 4 is 32.0 Å². The summed E-state index contributed by atoms with van der Waals surface area (Å²) in [6, 6.07) is 7.25. The molecule has 70 valence electrons. The standard InChI is InChI=1S/C8H8BrNO2S/c9-8-3-1-2-7(6-8)4-5-13(10,11)12/h1-6H,(H2,10,11,12)/b5-4+. The Hall–Kier alpha value is -0.650. The third-order valence-electron chi connectivity index (χ3n) is 1.30. The van der Waals surface area contributed by atoms with Crippen molar-refractivity contribution in [1.82, 2.24) is 0 Å². The normalized spacial score (nSPS) is 12.2. The Kier molecular flexibility index (Phi) is 3.24. The number of hydrogen-bond acceptors (Lipinski definition) is 2. The molecule has 13 heavy (non-hydrogen) atoms. The molecule has 0 aliphatic rings. The largest absolute Gasteiger partial charge is 0.231 e. The lowest BCUT2D eigenvalue weighted by molar-refractivity contribution is 0.606. The van der Waals surface area contributed by atoms with Gasteiger partial charge in [0.1, 0.15) is 0 Å². The van der Waals surface area contributed by atoms with Gasteiger partial charge < -0.3 is 0 Å². The summed E-state index contributed by atoms with van der Waals surface area (Å²) in [4.78, 5) is 0. The van der Waals surface area contributed by atoms with Gasteiger partial charge in [0, 0.05) is 9.88 Å². The molecule has 0 atom stereocenters. The fraction of sp³-hybridized carbons (Fsp3) is 0. The zero-order chi connectivity index (χ0) is 9.90. The molecule has 0 fully saturated rings. The van der Waals surface area contributed by atoms with E-state index in [1.54, 1.807) is 12.1 Å². The van der Waals surface area contributed by atoms with Crippen molar-refractivity contribution in [2.45, 2.75) is 0 Å². The number of sulfonamides is 1. The second-order valence-electron chi connectivity index (χ2n) is 2.45. The quantitative estimate of drug-likeness (QED) is 0.881.